The second-order valence-corrected chi connectivity index (χ2v) is 6.54. The smallest absolute Gasteiger partial charge is 0.139 e. The first-order valence-corrected chi connectivity index (χ1v) is 8.49. The van der Waals surface area contributed by atoms with Crippen LogP contribution in [0.1, 0.15) is 5.56 Å². The van der Waals surface area contributed by atoms with E-state index < -0.39 is 0 Å². The summed E-state index contributed by atoms with van der Waals surface area (Å²) in [6.45, 7) is 1.99. The Bertz CT molecular complexity index is 1320. The van der Waals surface area contributed by atoms with E-state index in [2.05, 4.69) is 19.9 Å². The van der Waals surface area contributed by atoms with Gasteiger partial charge >= 0.3 is 0 Å². The number of aromatic amines is 2. The molecule has 0 aliphatic carbocycles. The van der Waals surface area contributed by atoms with Crippen molar-refractivity contribution in [2.75, 3.05) is 0 Å². The van der Waals surface area contributed by atoms with Gasteiger partial charge in [-0.3, -0.25) is 0 Å². The number of benzene rings is 3. The lowest BCUT2D eigenvalue weighted by molar-refractivity contribution is 0.629. The molecule has 0 aliphatic heterocycles. The van der Waals surface area contributed by atoms with E-state index in [1.54, 1.807) is 12.1 Å². The molecule has 0 bridgehead atoms. The van der Waals surface area contributed by atoms with Crippen LogP contribution in [0.2, 0.25) is 0 Å². The molecule has 4 nitrogen and oxygen atoms in total. The highest BCUT2D eigenvalue weighted by Crippen LogP contribution is 2.32. The lowest BCUT2D eigenvalue weighted by Gasteiger charge is -2.06. The number of imidazole rings is 2. The van der Waals surface area contributed by atoms with Crippen LogP contribution in [0.3, 0.4) is 0 Å². The van der Waals surface area contributed by atoms with E-state index in [-0.39, 0.29) is 11.6 Å². The van der Waals surface area contributed by atoms with Crippen LogP contribution < -0.4 is 0 Å². The van der Waals surface area contributed by atoms with Gasteiger partial charge in [0.05, 0.1) is 22.1 Å². The molecule has 0 radical (unpaired) electrons. The number of nitrogens with one attached hydrogen (secondary N) is 2. The summed E-state index contributed by atoms with van der Waals surface area (Å²) in [4.78, 5) is 15.5. The summed E-state index contributed by atoms with van der Waals surface area (Å²) in [6.07, 6.45) is 0. The molecule has 27 heavy (non-hydrogen) atoms. The van der Waals surface area contributed by atoms with Crippen molar-refractivity contribution >= 4 is 22.1 Å². The van der Waals surface area contributed by atoms with Crippen molar-refractivity contribution < 1.29 is 8.78 Å². The average Bonchev–Trinajstić information content (AvgIpc) is 3.24. The van der Waals surface area contributed by atoms with E-state index in [1.165, 1.54) is 24.3 Å². The molecule has 2 N–H and O–H groups in total. The zero-order valence-electron chi connectivity index (χ0n) is 14.3. The van der Waals surface area contributed by atoms with Crippen molar-refractivity contribution in [2.45, 2.75) is 6.92 Å². The fraction of sp³-hybridized carbons (Fsp3) is 0.0476. The van der Waals surface area contributed by atoms with Crippen molar-refractivity contribution in [1.29, 1.82) is 0 Å². The largest absolute Gasteiger partial charge is 0.338 e. The van der Waals surface area contributed by atoms with Crippen molar-refractivity contribution in [1.82, 2.24) is 19.9 Å². The molecule has 5 rings (SSSR count). The van der Waals surface area contributed by atoms with Gasteiger partial charge < -0.3 is 9.97 Å². The third kappa shape index (κ3) is 2.66. The van der Waals surface area contributed by atoms with Crippen LogP contribution in [-0.2, 0) is 0 Å². The molecular weight excluding hydrogens is 346 g/mol. The Morgan fingerprint density at radius 1 is 0.667 bits per heavy atom. The van der Waals surface area contributed by atoms with Crippen molar-refractivity contribution in [3.05, 3.63) is 71.8 Å². The summed E-state index contributed by atoms with van der Waals surface area (Å²) < 4.78 is 27.0. The molecule has 6 heteroatoms. The fourth-order valence-electron chi connectivity index (χ4n) is 3.28. The van der Waals surface area contributed by atoms with Gasteiger partial charge in [-0.2, -0.15) is 0 Å². The molecule has 2 heterocycles. The Balaban J connectivity index is 1.72. The van der Waals surface area contributed by atoms with Crippen molar-refractivity contribution in [3.63, 3.8) is 0 Å². The van der Waals surface area contributed by atoms with Crippen molar-refractivity contribution in [2.24, 2.45) is 0 Å². The maximum absolute atomic E-state index is 13.5. The first kappa shape index (κ1) is 15.7. The Labute approximate surface area is 152 Å². The maximum atomic E-state index is 13.5. The van der Waals surface area contributed by atoms with Crippen LogP contribution in [0.4, 0.5) is 8.78 Å². The lowest BCUT2D eigenvalue weighted by atomic mass is 10.0. The van der Waals surface area contributed by atoms with E-state index >= 15 is 0 Å². The minimum atomic E-state index is -0.318. The van der Waals surface area contributed by atoms with Gasteiger partial charge in [-0.15, -0.1) is 0 Å². The second kappa shape index (κ2) is 5.74. The third-order valence-corrected chi connectivity index (χ3v) is 4.57. The van der Waals surface area contributed by atoms with Crippen LogP contribution in [0.25, 0.3) is 44.8 Å². The summed E-state index contributed by atoms with van der Waals surface area (Å²) in [5.41, 5.74) is 5.35. The Hall–Kier alpha value is -3.54. The number of fused-ring (bicyclic) bond motifs is 2. The van der Waals surface area contributed by atoms with Gasteiger partial charge in [0.25, 0.3) is 0 Å². The molecular formula is C21H14F2N4. The minimum absolute atomic E-state index is 0.318. The number of aryl methyl sites for hydroxylation is 1. The van der Waals surface area contributed by atoms with Gasteiger partial charge in [0, 0.05) is 11.1 Å². The first-order chi connectivity index (χ1) is 13.1. The van der Waals surface area contributed by atoms with Gasteiger partial charge in [0.1, 0.15) is 23.3 Å². The maximum Gasteiger partial charge on any atom is 0.139 e. The van der Waals surface area contributed by atoms with Gasteiger partial charge in [-0.25, -0.2) is 18.7 Å². The molecule has 0 amide bonds. The Kier molecular flexibility index (Phi) is 3.33. The topological polar surface area (TPSA) is 57.4 Å². The molecule has 0 fully saturated rings. The highest BCUT2D eigenvalue weighted by Gasteiger charge is 2.15. The molecule has 5 aromatic rings. The lowest BCUT2D eigenvalue weighted by Crippen LogP contribution is -1.90. The van der Waals surface area contributed by atoms with E-state index in [0.717, 1.165) is 16.7 Å². The summed E-state index contributed by atoms with van der Waals surface area (Å²) >= 11 is 0. The van der Waals surface area contributed by atoms with Crippen LogP contribution in [0.5, 0.6) is 0 Å². The van der Waals surface area contributed by atoms with Gasteiger partial charge in [0.15, 0.2) is 0 Å². The molecule has 3 aromatic carbocycles. The zero-order chi connectivity index (χ0) is 18.5. The zero-order valence-corrected chi connectivity index (χ0v) is 14.3. The average molecular weight is 360 g/mol. The quantitative estimate of drug-likeness (QED) is 0.445. The number of hydrogen-bond donors (Lipinski definition) is 2. The van der Waals surface area contributed by atoms with Crippen LogP contribution >= 0.6 is 0 Å². The normalized spacial score (nSPS) is 11.5. The molecule has 0 saturated carbocycles. The number of H-pyrrole nitrogens is 2. The Morgan fingerprint density at radius 2 is 1.22 bits per heavy atom. The SMILES string of the molecule is Cc1ccc(-c2nc3ccc(F)cc3[nH]2)c(-c2nc3ccc(F)cc3[nH]2)c1. The monoisotopic (exact) mass is 360 g/mol. The summed E-state index contributed by atoms with van der Waals surface area (Å²) in [6, 6.07) is 14.8. The first-order valence-electron chi connectivity index (χ1n) is 8.49. The summed E-state index contributed by atoms with van der Waals surface area (Å²) in [7, 11) is 0. The van der Waals surface area contributed by atoms with Crippen LogP contribution in [-0.4, -0.2) is 19.9 Å². The standard InChI is InChI=1S/C21H14F2N4/c1-11-2-5-14(20-24-16-6-3-12(22)9-18(16)26-20)15(8-11)21-25-17-7-4-13(23)10-19(17)27-21/h2-10H,1H3,(H,24,26)(H,25,27). The molecule has 0 aliphatic rings. The molecule has 132 valence electrons. The number of rotatable bonds is 2. The van der Waals surface area contributed by atoms with Gasteiger partial charge in [-0.1, -0.05) is 17.7 Å². The highest BCUT2D eigenvalue weighted by atomic mass is 19.1. The highest BCUT2D eigenvalue weighted by molar-refractivity contribution is 5.87. The van der Waals surface area contributed by atoms with E-state index in [4.69, 9.17) is 0 Å². The fourth-order valence-corrected chi connectivity index (χ4v) is 3.28. The minimum Gasteiger partial charge on any atom is -0.338 e. The predicted molar refractivity (Wildman–Crippen MR) is 101 cm³/mol. The summed E-state index contributed by atoms with van der Waals surface area (Å²) in [5, 5.41) is 0. The number of aromatic nitrogens is 4. The second-order valence-electron chi connectivity index (χ2n) is 6.54. The van der Waals surface area contributed by atoms with E-state index in [0.29, 0.717) is 33.7 Å². The van der Waals surface area contributed by atoms with Crippen molar-refractivity contribution in [3.8, 4) is 22.8 Å². The number of hydrogen-bond acceptors (Lipinski definition) is 2. The van der Waals surface area contributed by atoms with Gasteiger partial charge in [-0.05, 0) is 49.4 Å². The van der Waals surface area contributed by atoms with Crippen LogP contribution in [0, 0.1) is 18.6 Å². The Morgan fingerprint density at radius 3 is 1.81 bits per heavy atom. The molecule has 2 aromatic heterocycles. The predicted octanol–water partition coefficient (Wildman–Crippen LogP) is 5.36. The van der Waals surface area contributed by atoms with E-state index in [9.17, 15) is 8.78 Å². The third-order valence-electron chi connectivity index (χ3n) is 4.57. The van der Waals surface area contributed by atoms with Crippen LogP contribution in [0.15, 0.2) is 54.6 Å². The number of halogens is 2. The molecule has 0 saturated heterocycles. The molecule has 0 spiro atoms. The number of nitrogens with zero attached hydrogens (tertiary/aromatic N) is 2. The molecule has 0 atom stereocenters. The van der Waals surface area contributed by atoms with E-state index in [1.807, 2.05) is 25.1 Å². The van der Waals surface area contributed by atoms with Gasteiger partial charge in [0.2, 0.25) is 0 Å². The molecule has 0 unspecified atom stereocenters. The summed E-state index contributed by atoms with van der Waals surface area (Å²) in [5.74, 6) is 0.612.